The van der Waals surface area contributed by atoms with E-state index in [4.69, 9.17) is 5.26 Å². The van der Waals surface area contributed by atoms with E-state index in [-0.39, 0.29) is 5.91 Å². The van der Waals surface area contributed by atoms with E-state index in [2.05, 4.69) is 6.07 Å². The Morgan fingerprint density at radius 2 is 2.12 bits per heavy atom. The van der Waals surface area contributed by atoms with Crippen LogP contribution in [0.1, 0.15) is 11.5 Å². The van der Waals surface area contributed by atoms with Gasteiger partial charge in [0, 0.05) is 19.3 Å². The van der Waals surface area contributed by atoms with E-state index in [1.807, 2.05) is 36.6 Å². The first-order valence-corrected chi connectivity index (χ1v) is 6.78. The van der Waals surface area contributed by atoms with E-state index in [9.17, 15) is 4.79 Å². The van der Waals surface area contributed by atoms with Gasteiger partial charge in [-0.25, -0.2) is 0 Å². The third-order valence-electron chi connectivity index (χ3n) is 2.52. The molecule has 1 unspecified atom stereocenters. The first-order valence-electron chi connectivity index (χ1n) is 5.39. The molecule has 0 N–H and O–H groups in total. The fourth-order valence-electron chi connectivity index (χ4n) is 1.48. The summed E-state index contributed by atoms with van der Waals surface area (Å²) in [5.41, 5.74) is 0.760. The molecule has 4 heteroatoms. The molecule has 17 heavy (non-hydrogen) atoms. The highest BCUT2D eigenvalue weighted by atomic mass is 32.2. The molecule has 0 radical (unpaired) electrons. The van der Waals surface area contributed by atoms with Crippen LogP contribution >= 0.6 is 11.8 Å². The zero-order valence-corrected chi connectivity index (χ0v) is 10.9. The van der Waals surface area contributed by atoms with Crippen molar-refractivity contribution in [1.82, 2.24) is 4.90 Å². The van der Waals surface area contributed by atoms with Gasteiger partial charge in [0.15, 0.2) is 0 Å². The summed E-state index contributed by atoms with van der Waals surface area (Å²) in [5, 5.41) is 9.12. The summed E-state index contributed by atoms with van der Waals surface area (Å²) in [6.45, 7) is 0.672. The van der Waals surface area contributed by atoms with Gasteiger partial charge in [0.1, 0.15) is 5.92 Å². The van der Waals surface area contributed by atoms with Gasteiger partial charge in [-0.15, -0.1) is 0 Å². The van der Waals surface area contributed by atoms with Gasteiger partial charge in [0.25, 0.3) is 0 Å². The van der Waals surface area contributed by atoms with Gasteiger partial charge in [-0.1, -0.05) is 30.3 Å². The molecule has 0 heterocycles. The smallest absolute Gasteiger partial charge is 0.244 e. The maximum atomic E-state index is 12.1. The molecule has 3 nitrogen and oxygen atoms in total. The summed E-state index contributed by atoms with van der Waals surface area (Å²) in [5.74, 6) is 0.0608. The number of rotatable bonds is 5. The average molecular weight is 248 g/mol. The summed E-state index contributed by atoms with van der Waals surface area (Å²) in [6.07, 6.45) is 2.00. The normalized spacial score (nSPS) is 11.6. The molecule has 90 valence electrons. The molecule has 0 fully saturated rings. The van der Waals surface area contributed by atoms with Crippen molar-refractivity contribution in [3.8, 4) is 6.07 Å². The van der Waals surface area contributed by atoms with Crippen LogP contribution in [0.2, 0.25) is 0 Å². The van der Waals surface area contributed by atoms with Crippen LogP contribution in [0.5, 0.6) is 0 Å². The monoisotopic (exact) mass is 248 g/mol. The molecule has 1 aromatic carbocycles. The maximum Gasteiger partial charge on any atom is 0.244 e. The number of benzene rings is 1. The Balaban J connectivity index is 2.75. The van der Waals surface area contributed by atoms with Crippen LogP contribution in [0.3, 0.4) is 0 Å². The second-order valence-corrected chi connectivity index (χ2v) is 4.71. The lowest BCUT2D eigenvalue weighted by Gasteiger charge is -2.19. The second-order valence-electron chi connectivity index (χ2n) is 3.73. The van der Waals surface area contributed by atoms with E-state index in [1.165, 1.54) is 0 Å². The van der Waals surface area contributed by atoms with Crippen molar-refractivity contribution in [3.63, 3.8) is 0 Å². The van der Waals surface area contributed by atoms with Gasteiger partial charge in [-0.2, -0.15) is 17.0 Å². The number of amides is 1. The molecule has 0 bridgehead atoms. The van der Waals surface area contributed by atoms with Gasteiger partial charge in [-0.05, 0) is 11.8 Å². The van der Waals surface area contributed by atoms with Crippen molar-refractivity contribution in [3.05, 3.63) is 35.9 Å². The van der Waals surface area contributed by atoms with Crippen molar-refractivity contribution >= 4 is 17.7 Å². The summed E-state index contributed by atoms with van der Waals surface area (Å²) in [7, 11) is 1.74. The lowest BCUT2D eigenvalue weighted by atomic mass is 9.99. The highest BCUT2D eigenvalue weighted by Crippen LogP contribution is 2.17. The van der Waals surface area contributed by atoms with E-state index < -0.39 is 5.92 Å². The number of carbonyl (C=O) groups is 1. The molecular weight excluding hydrogens is 232 g/mol. The van der Waals surface area contributed by atoms with Crippen LogP contribution in [0, 0.1) is 11.3 Å². The number of nitriles is 1. The molecule has 0 aliphatic heterocycles. The van der Waals surface area contributed by atoms with E-state index in [0.717, 1.165) is 11.3 Å². The summed E-state index contributed by atoms with van der Waals surface area (Å²) >= 11 is 1.69. The highest BCUT2D eigenvalue weighted by molar-refractivity contribution is 7.98. The van der Waals surface area contributed by atoms with Crippen molar-refractivity contribution < 1.29 is 4.79 Å². The summed E-state index contributed by atoms with van der Waals surface area (Å²) in [6, 6.07) is 11.3. The minimum atomic E-state index is -0.692. The summed E-state index contributed by atoms with van der Waals surface area (Å²) in [4.78, 5) is 13.7. The lowest BCUT2D eigenvalue weighted by Crippen LogP contribution is -2.33. The van der Waals surface area contributed by atoms with Gasteiger partial charge >= 0.3 is 0 Å². The Morgan fingerprint density at radius 3 is 2.65 bits per heavy atom. The standard InChI is InChI=1S/C13H16N2OS/c1-15(8-9-17-2)13(16)12(10-14)11-6-4-3-5-7-11/h3-7,12H,8-9H2,1-2H3. The largest absolute Gasteiger partial charge is 0.343 e. The van der Waals surface area contributed by atoms with Gasteiger partial charge < -0.3 is 4.90 Å². The third kappa shape index (κ3) is 3.79. The van der Waals surface area contributed by atoms with Crippen LogP contribution in [0.15, 0.2) is 30.3 Å². The number of hydrogen-bond acceptors (Lipinski definition) is 3. The molecule has 0 spiro atoms. The predicted octanol–water partition coefficient (Wildman–Crippen LogP) is 2.12. The quantitative estimate of drug-likeness (QED) is 0.801. The number of nitrogens with zero attached hydrogens (tertiary/aromatic N) is 2. The van der Waals surface area contributed by atoms with Crippen LogP contribution in [-0.4, -0.2) is 36.4 Å². The molecule has 0 aliphatic rings. The predicted molar refractivity (Wildman–Crippen MR) is 70.8 cm³/mol. The molecule has 1 amide bonds. The Bertz CT molecular complexity index is 400. The number of hydrogen-bond donors (Lipinski definition) is 0. The average Bonchev–Trinajstić information content (AvgIpc) is 2.38. The minimum absolute atomic E-state index is 0.132. The lowest BCUT2D eigenvalue weighted by molar-refractivity contribution is -0.129. The SMILES string of the molecule is CSCCN(C)C(=O)C(C#N)c1ccccc1. The molecule has 0 saturated carbocycles. The molecule has 1 rings (SSSR count). The highest BCUT2D eigenvalue weighted by Gasteiger charge is 2.22. The molecule has 0 aromatic heterocycles. The zero-order chi connectivity index (χ0) is 12.7. The first-order chi connectivity index (χ1) is 8.20. The van der Waals surface area contributed by atoms with Gasteiger partial charge in [0.05, 0.1) is 6.07 Å². The Hall–Kier alpha value is -1.47. The van der Waals surface area contributed by atoms with E-state index in [0.29, 0.717) is 6.54 Å². The van der Waals surface area contributed by atoms with E-state index in [1.54, 1.807) is 23.7 Å². The molecule has 1 aromatic rings. The third-order valence-corrected chi connectivity index (χ3v) is 3.11. The molecule has 0 saturated heterocycles. The Labute approximate surface area is 106 Å². The first kappa shape index (κ1) is 13.6. The van der Waals surface area contributed by atoms with Crippen molar-refractivity contribution in [1.29, 1.82) is 5.26 Å². The number of thioether (sulfide) groups is 1. The molecule has 1 atom stereocenters. The zero-order valence-electron chi connectivity index (χ0n) is 10.1. The topological polar surface area (TPSA) is 44.1 Å². The summed E-state index contributed by atoms with van der Waals surface area (Å²) < 4.78 is 0. The van der Waals surface area contributed by atoms with Crippen LogP contribution in [-0.2, 0) is 4.79 Å². The molecular formula is C13H16N2OS. The van der Waals surface area contributed by atoms with Gasteiger partial charge in [0.2, 0.25) is 5.91 Å². The Morgan fingerprint density at radius 1 is 1.47 bits per heavy atom. The van der Waals surface area contributed by atoms with Crippen LogP contribution < -0.4 is 0 Å². The fourth-order valence-corrected chi connectivity index (χ4v) is 1.93. The van der Waals surface area contributed by atoms with Gasteiger partial charge in [-0.3, -0.25) is 4.79 Å². The van der Waals surface area contributed by atoms with Crippen molar-refractivity contribution in [2.75, 3.05) is 25.6 Å². The Kier molecular flexibility index (Phi) is 5.58. The number of likely N-dealkylation sites (N-methyl/N-ethyl adjacent to an activating group) is 1. The molecule has 0 aliphatic carbocycles. The van der Waals surface area contributed by atoms with Crippen LogP contribution in [0.25, 0.3) is 0 Å². The second kappa shape index (κ2) is 6.97. The van der Waals surface area contributed by atoms with Crippen molar-refractivity contribution in [2.24, 2.45) is 0 Å². The minimum Gasteiger partial charge on any atom is -0.343 e. The van der Waals surface area contributed by atoms with Crippen LogP contribution in [0.4, 0.5) is 0 Å². The fraction of sp³-hybridized carbons (Fsp3) is 0.385. The maximum absolute atomic E-state index is 12.1. The van der Waals surface area contributed by atoms with E-state index >= 15 is 0 Å². The number of carbonyl (C=O) groups excluding carboxylic acids is 1. The van der Waals surface area contributed by atoms with Crippen molar-refractivity contribution in [2.45, 2.75) is 5.92 Å².